The van der Waals surface area contributed by atoms with E-state index in [1.54, 1.807) is 42.8 Å². The number of nitro groups is 1. The quantitative estimate of drug-likeness (QED) is 0.337. The van der Waals surface area contributed by atoms with Crippen LogP contribution in [0.4, 0.5) is 5.82 Å². The molecule has 0 saturated carbocycles. The molecular formula is C21H17N5O3S. The van der Waals surface area contributed by atoms with Gasteiger partial charge in [-0.25, -0.2) is 4.98 Å². The third kappa shape index (κ3) is 3.26. The van der Waals surface area contributed by atoms with Gasteiger partial charge in [0, 0.05) is 29.8 Å². The van der Waals surface area contributed by atoms with Gasteiger partial charge in [-0.3, -0.25) is 4.98 Å². The second-order valence-electron chi connectivity index (χ2n) is 7.12. The van der Waals surface area contributed by atoms with Crippen LogP contribution in [0.3, 0.4) is 0 Å². The molecular weight excluding hydrogens is 402 g/mol. The normalized spacial score (nSPS) is 13.2. The van der Waals surface area contributed by atoms with Crippen LogP contribution < -0.4 is 4.74 Å². The number of hydrogen-bond donors (Lipinski definition) is 0. The maximum absolute atomic E-state index is 11.5. The number of pyridine rings is 2. The molecule has 5 rings (SSSR count). The topological polar surface area (TPSA) is 104 Å². The fourth-order valence-electron chi connectivity index (χ4n) is 3.67. The van der Waals surface area contributed by atoms with Gasteiger partial charge in [0.25, 0.3) is 0 Å². The number of nitrogens with zero attached hydrogens (tertiary/aromatic N) is 5. The van der Waals surface area contributed by atoms with Gasteiger partial charge in [-0.1, -0.05) is 0 Å². The van der Waals surface area contributed by atoms with E-state index >= 15 is 0 Å². The molecule has 0 fully saturated rings. The molecule has 30 heavy (non-hydrogen) atoms. The average molecular weight is 419 g/mol. The maximum Gasteiger partial charge on any atom is 0.407 e. The molecule has 4 aromatic rings. The number of fused-ring (bicyclic) bond motifs is 3. The molecule has 0 aromatic carbocycles. The average Bonchev–Trinajstić information content (AvgIpc) is 3.14. The summed E-state index contributed by atoms with van der Waals surface area (Å²) in [7, 11) is 0. The lowest BCUT2D eigenvalue weighted by Crippen LogP contribution is -2.02. The number of hydrogen-bond acceptors (Lipinski definition) is 8. The Balaban J connectivity index is 1.72. The molecule has 4 heterocycles. The van der Waals surface area contributed by atoms with Crippen molar-refractivity contribution in [2.24, 2.45) is 0 Å². The summed E-state index contributed by atoms with van der Waals surface area (Å²) in [5.74, 6) is 0.547. The highest BCUT2D eigenvalue weighted by molar-refractivity contribution is 7.18. The molecule has 0 saturated heterocycles. The van der Waals surface area contributed by atoms with Crippen molar-refractivity contribution in [3.05, 3.63) is 62.9 Å². The monoisotopic (exact) mass is 419 g/mol. The number of ether oxygens (including phenoxy) is 1. The lowest BCUT2D eigenvalue weighted by Gasteiger charge is -2.12. The fourth-order valence-corrected chi connectivity index (χ4v) is 4.92. The third-order valence-electron chi connectivity index (χ3n) is 5.06. The molecule has 8 nitrogen and oxygen atoms in total. The minimum atomic E-state index is -0.536. The standard InChI is InChI=1S/C21H17N5O3S/c1-12-8-9-15(19(23-12)26(27)28)29-20-17-14-6-2-3-7-16(14)30-21(17)25-18(24-20)13-5-4-10-22-11-13/h4-5,8-11H,2-3,6-7H2,1H3. The molecule has 0 bridgehead atoms. The third-order valence-corrected chi connectivity index (χ3v) is 6.25. The molecule has 1 aliphatic rings. The summed E-state index contributed by atoms with van der Waals surface area (Å²) in [6, 6.07) is 6.95. The first-order chi connectivity index (χ1) is 14.6. The van der Waals surface area contributed by atoms with Crippen LogP contribution in [0.1, 0.15) is 29.0 Å². The zero-order valence-corrected chi connectivity index (χ0v) is 17.0. The molecule has 1 aliphatic carbocycles. The van der Waals surface area contributed by atoms with E-state index in [0.29, 0.717) is 17.4 Å². The van der Waals surface area contributed by atoms with E-state index in [0.717, 1.165) is 41.5 Å². The molecule has 0 N–H and O–H groups in total. The van der Waals surface area contributed by atoms with Gasteiger partial charge in [0.15, 0.2) is 5.82 Å². The van der Waals surface area contributed by atoms with Crippen molar-refractivity contribution in [3.8, 4) is 23.0 Å². The van der Waals surface area contributed by atoms with Gasteiger partial charge < -0.3 is 14.9 Å². The van der Waals surface area contributed by atoms with Crippen molar-refractivity contribution >= 4 is 27.4 Å². The van der Waals surface area contributed by atoms with Gasteiger partial charge in [-0.2, -0.15) is 4.98 Å². The smallest absolute Gasteiger partial charge is 0.407 e. The predicted molar refractivity (Wildman–Crippen MR) is 113 cm³/mol. The van der Waals surface area contributed by atoms with E-state index in [1.165, 1.54) is 10.4 Å². The van der Waals surface area contributed by atoms with E-state index in [2.05, 4.69) is 15.0 Å². The molecule has 0 aliphatic heterocycles. The minimum Gasteiger partial charge on any atom is -0.429 e. The summed E-state index contributed by atoms with van der Waals surface area (Å²) in [6.07, 6.45) is 7.54. The first-order valence-electron chi connectivity index (χ1n) is 9.63. The summed E-state index contributed by atoms with van der Waals surface area (Å²) < 4.78 is 6.06. The van der Waals surface area contributed by atoms with Crippen LogP contribution in [-0.4, -0.2) is 24.9 Å². The van der Waals surface area contributed by atoms with Crippen molar-refractivity contribution < 1.29 is 9.66 Å². The summed E-state index contributed by atoms with van der Waals surface area (Å²) in [5, 5.41) is 12.4. The fraction of sp³-hybridized carbons (Fsp3) is 0.238. The Bertz CT molecular complexity index is 1270. The van der Waals surface area contributed by atoms with Crippen LogP contribution in [0.25, 0.3) is 21.6 Å². The van der Waals surface area contributed by atoms with Gasteiger partial charge in [0.05, 0.1) is 5.39 Å². The highest BCUT2D eigenvalue weighted by Crippen LogP contribution is 2.42. The van der Waals surface area contributed by atoms with Crippen LogP contribution in [0.5, 0.6) is 11.6 Å². The van der Waals surface area contributed by atoms with Gasteiger partial charge in [-0.05, 0) is 65.4 Å². The second kappa shape index (κ2) is 7.42. The highest BCUT2D eigenvalue weighted by atomic mass is 32.1. The molecule has 0 unspecified atom stereocenters. The van der Waals surface area contributed by atoms with Crippen LogP contribution >= 0.6 is 11.3 Å². The number of aromatic nitrogens is 4. The Morgan fingerprint density at radius 3 is 2.80 bits per heavy atom. The minimum absolute atomic E-state index is 0.0681. The number of thiophene rings is 1. The van der Waals surface area contributed by atoms with Crippen molar-refractivity contribution in [3.63, 3.8) is 0 Å². The van der Waals surface area contributed by atoms with Crippen LogP contribution in [-0.2, 0) is 12.8 Å². The molecule has 0 amide bonds. The Kier molecular flexibility index (Phi) is 4.59. The van der Waals surface area contributed by atoms with Crippen molar-refractivity contribution in [1.82, 2.24) is 19.9 Å². The summed E-state index contributed by atoms with van der Waals surface area (Å²) in [6.45, 7) is 1.70. The van der Waals surface area contributed by atoms with Crippen molar-refractivity contribution in [2.45, 2.75) is 32.6 Å². The number of aryl methyl sites for hydroxylation is 3. The Morgan fingerprint density at radius 1 is 1.13 bits per heavy atom. The Hall–Kier alpha value is -3.46. The first kappa shape index (κ1) is 18.6. The van der Waals surface area contributed by atoms with Gasteiger partial charge in [0.2, 0.25) is 11.6 Å². The van der Waals surface area contributed by atoms with E-state index in [-0.39, 0.29) is 11.6 Å². The Labute approximate surface area is 175 Å². The largest absolute Gasteiger partial charge is 0.429 e. The molecule has 150 valence electrons. The van der Waals surface area contributed by atoms with Gasteiger partial charge >= 0.3 is 5.82 Å². The summed E-state index contributed by atoms with van der Waals surface area (Å²) in [4.78, 5) is 30.7. The SMILES string of the molecule is Cc1ccc(Oc2nc(-c3cccnc3)nc3sc4c(c23)CCCC4)c([N+](=O)[O-])n1. The predicted octanol–water partition coefficient (Wildman–Crippen LogP) is 5.04. The molecule has 9 heteroatoms. The number of rotatable bonds is 4. The maximum atomic E-state index is 11.5. The van der Waals surface area contributed by atoms with Gasteiger partial charge in [-0.15, -0.1) is 11.3 Å². The van der Waals surface area contributed by atoms with Gasteiger partial charge in [0.1, 0.15) is 10.5 Å². The molecule has 0 atom stereocenters. The van der Waals surface area contributed by atoms with Crippen LogP contribution in [0, 0.1) is 17.0 Å². The first-order valence-corrected chi connectivity index (χ1v) is 10.4. The van der Waals surface area contributed by atoms with E-state index in [4.69, 9.17) is 9.72 Å². The zero-order valence-electron chi connectivity index (χ0n) is 16.2. The van der Waals surface area contributed by atoms with Crippen molar-refractivity contribution in [2.75, 3.05) is 0 Å². The van der Waals surface area contributed by atoms with E-state index in [9.17, 15) is 10.1 Å². The van der Waals surface area contributed by atoms with Crippen molar-refractivity contribution in [1.29, 1.82) is 0 Å². The van der Waals surface area contributed by atoms with E-state index < -0.39 is 4.92 Å². The Morgan fingerprint density at radius 2 is 2.00 bits per heavy atom. The molecule has 0 radical (unpaired) electrons. The molecule has 4 aromatic heterocycles. The zero-order chi connectivity index (χ0) is 20.7. The van der Waals surface area contributed by atoms with E-state index in [1.807, 2.05) is 12.1 Å². The second-order valence-corrected chi connectivity index (χ2v) is 8.20. The summed E-state index contributed by atoms with van der Waals surface area (Å²) in [5.41, 5.74) is 2.50. The lowest BCUT2D eigenvalue weighted by molar-refractivity contribution is -0.390. The molecule has 0 spiro atoms. The van der Waals surface area contributed by atoms with Crippen LogP contribution in [0.15, 0.2) is 36.7 Å². The van der Waals surface area contributed by atoms with Crippen LogP contribution in [0.2, 0.25) is 0 Å². The lowest BCUT2D eigenvalue weighted by atomic mass is 9.97. The highest BCUT2D eigenvalue weighted by Gasteiger charge is 2.25. The summed E-state index contributed by atoms with van der Waals surface area (Å²) >= 11 is 1.65.